The van der Waals surface area contributed by atoms with Crippen molar-refractivity contribution >= 4 is 35.3 Å². The average Bonchev–Trinajstić information content (AvgIpc) is 2.89. The van der Waals surface area contributed by atoms with Gasteiger partial charge in [0.1, 0.15) is 13.1 Å². The maximum atomic E-state index is 13.3. The molecule has 0 saturated heterocycles. The fraction of sp³-hybridized carbons (Fsp3) is 0.241. The number of halogens is 3. The topological polar surface area (TPSA) is 53.9 Å². The summed E-state index contributed by atoms with van der Waals surface area (Å²) in [6.07, 6.45) is -2.08. The Morgan fingerprint density at radius 2 is 1.68 bits per heavy atom. The SMILES string of the molecule is C[NH+](CCCNC(=O)CN1C(=O)C(=Cc2ccc(C(F)(F)F)cc2)Sc2ccccc21)Cc1ccccc1. The van der Waals surface area contributed by atoms with Crippen molar-refractivity contribution in [3.05, 3.63) is 100 Å². The highest BCUT2D eigenvalue weighted by molar-refractivity contribution is 8.04. The lowest BCUT2D eigenvalue weighted by atomic mass is 10.1. The lowest BCUT2D eigenvalue weighted by Crippen LogP contribution is -3.07. The predicted octanol–water partition coefficient (Wildman–Crippen LogP) is 4.41. The molecule has 9 heteroatoms. The van der Waals surface area contributed by atoms with E-state index >= 15 is 0 Å². The van der Waals surface area contributed by atoms with Crippen LogP contribution in [-0.4, -0.2) is 38.5 Å². The number of nitrogens with one attached hydrogen (secondary N) is 2. The minimum atomic E-state index is -4.43. The monoisotopic (exact) mass is 540 g/mol. The van der Waals surface area contributed by atoms with Gasteiger partial charge in [-0.3, -0.25) is 14.5 Å². The van der Waals surface area contributed by atoms with Crippen molar-refractivity contribution in [3.8, 4) is 0 Å². The molecule has 3 aromatic carbocycles. The van der Waals surface area contributed by atoms with Gasteiger partial charge in [-0.15, -0.1) is 0 Å². The summed E-state index contributed by atoms with van der Waals surface area (Å²) in [5.74, 6) is -0.634. The van der Waals surface area contributed by atoms with Crippen LogP contribution in [0.1, 0.15) is 23.1 Å². The maximum absolute atomic E-state index is 13.3. The van der Waals surface area contributed by atoms with Crippen LogP contribution in [-0.2, 0) is 22.3 Å². The van der Waals surface area contributed by atoms with Gasteiger partial charge in [0.25, 0.3) is 5.91 Å². The first-order valence-electron chi connectivity index (χ1n) is 12.3. The van der Waals surface area contributed by atoms with Crippen molar-refractivity contribution < 1.29 is 27.7 Å². The summed E-state index contributed by atoms with van der Waals surface area (Å²) in [4.78, 5) is 30.0. The number of rotatable bonds is 9. The molecule has 0 aromatic heterocycles. The number of hydrogen-bond donors (Lipinski definition) is 2. The highest BCUT2D eigenvalue weighted by atomic mass is 32.2. The standard InChI is InChI=1S/C29H28F3N3O2S/c1-34(19-22-8-3-2-4-9-22)17-7-16-33-27(36)20-35-24-10-5-6-11-25(24)38-26(28(35)37)18-21-12-14-23(15-13-21)29(30,31)32/h2-6,8-15,18H,7,16-17,19-20H2,1H3,(H,33,36)/p+1. The van der Waals surface area contributed by atoms with Gasteiger partial charge >= 0.3 is 6.18 Å². The van der Waals surface area contributed by atoms with Crippen LogP contribution in [0.25, 0.3) is 6.08 Å². The van der Waals surface area contributed by atoms with E-state index in [2.05, 4.69) is 24.5 Å². The van der Waals surface area contributed by atoms with E-state index in [1.54, 1.807) is 18.2 Å². The number of thioether (sulfide) groups is 1. The Morgan fingerprint density at radius 1 is 1.00 bits per heavy atom. The first-order chi connectivity index (χ1) is 18.2. The van der Waals surface area contributed by atoms with Gasteiger partial charge in [0.15, 0.2) is 0 Å². The number of carbonyl (C=O) groups is 2. The van der Waals surface area contributed by atoms with E-state index in [1.807, 2.05) is 30.3 Å². The third-order valence-electron chi connectivity index (χ3n) is 6.12. The van der Waals surface area contributed by atoms with E-state index < -0.39 is 11.7 Å². The van der Waals surface area contributed by atoms with Crippen LogP contribution >= 0.6 is 11.8 Å². The van der Waals surface area contributed by atoms with Gasteiger partial charge in [-0.25, -0.2) is 0 Å². The second-order valence-electron chi connectivity index (χ2n) is 9.16. The van der Waals surface area contributed by atoms with Gasteiger partial charge in [0.05, 0.1) is 29.7 Å². The Bertz CT molecular complexity index is 1290. The van der Waals surface area contributed by atoms with Crippen molar-refractivity contribution in [2.24, 2.45) is 0 Å². The van der Waals surface area contributed by atoms with Crippen LogP contribution < -0.4 is 15.1 Å². The molecule has 5 nitrogen and oxygen atoms in total. The molecule has 0 fully saturated rings. The Kier molecular flexibility index (Phi) is 8.91. The zero-order valence-electron chi connectivity index (χ0n) is 20.9. The summed E-state index contributed by atoms with van der Waals surface area (Å²) in [5.41, 5.74) is 1.61. The fourth-order valence-corrected chi connectivity index (χ4v) is 5.25. The van der Waals surface area contributed by atoms with Gasteiger partial charge < -0.3 is 10.2 Å². The molecule has 1 unspecified atom stereocenters. The van der Waals surface area contributed by atoms with E-state index in [0.717, 1.165) is 36.5 Å². The molecule has 1 heterocycles. The van der Waals surface area contributed by atoms with Crippen LogP contribution in [0, 0.1) is 0 Å². The van der Waals surface area contributed by atoms with Crippen LogP contribution in [0.4, 0.5) is 18.9 Å². The smallest absolute Gasteiger partial charge is 0.354 e. The number of amides is 2. The van der Waals surface area contributed by atoms with Gasteiger partial charge in [0.2, 0.25) is 5.91 Å². The molecule has 3 aromatic rings. The molecular weight excluding hydrogens is 511 g/mol. The third-order valence-corrected chi connectivity index (χ3v) is 7.20. The molecule has 4 rings (SSSR count). The summed E-state index contributed by atoms with van der Waals surface area (Å²) in [6, 6.07) is 22.1. The second kappa shape index (κ2) is 12.3. The molecule has 38 heavy (non-hydrogen) atoms. The first-order valence-corrected chi connectivity index (χ1v) is 13.1. The van der Waals surface area contributed by atoms with Crippen LogP contribution in [0.15, 0.2) is 88.7 Å². The van der Waals surface area contributed by atoms with E-state index in [-0.39, 0.29) is 18.4 Å². The molecule has 0 radical (unpaired) electrons. The minimum absolute atomic E-state index is 0.145. The molecular formula is C29H29F3N3O2S+. The molecule has 1 aliphatic heterocycles. The number of nitrogens with zero attached hydrogens (tertiary/aromatic N) is 1. The van der Waals surface area contributed by atoms with Gasteiger partial charge in [-0.05, 0) is 35.9 Å². The molecule has 0 saturated carbocycles. The number of para-hydroxylation sites is 1. The van der Waals surface area contributed by atoms with E-state index in [9.17, 15) is 22.8 Å². The van der Waals surface area contributed by atoms with Crippen molar-refractivity contribution in [1.82, 2.24) is 5.32 Å². The Morgan fingerprint density at radius 3 is 2.39 bits per heavy atom. The normalized spacial score (nSPS) is 15.3. The number of hydrogen-bond acceptors (Lipinski definition) is 3. The average molecular weight is 541 g/mol. The number of benzene rings is 3. The second-order valence-corrected chi connectivity index (χ2v) is 10.2. The highest BCUT2D eigenvalue weighted by Gasteiger charge is 2.31. The maximum Gasteiger partial charge on any atom is 0.416 e. The Balaban J connectivity index is 1.37. The molecule has 2 amide bonds. The summed E-state index contributed by atoms with van der Waals surface area (Å²) in [5, 5.41) is 2.91. The number of anilines is 1. The number of fused-ring (bicyclic) bond motifs is 1. The third kappa shape index (κ3) is 7.26. The van der Waals surface area contributed by atoms with Crippen LogP contribution in [0.2, 0.25) is 0 Å². The molecule has 2 N–H and O–H groups in total. The summed E-state index contributed by atoms with van der Waals surface area (Å²) < 4.78 is 38.7. The van der Waals surface area contributed by atoms with Crippen LogP contribution in [0.5, 0.6) is 0 Å². The largest absolute Gasteiger partial charge is 0.416 e. The summed E-state index contributed by atoms with van der Waals surface area (Å²) >= 11 is 1.24. The Hall–Kier alpha value is -3.56. The van der Waals surface area contributed by atoms with Crippen molar-refractivity contribution in [2.45, 2.75) is 24.0 Å². The molecule has 1 atom stereocenters. The van der Waals surface area contributed by atoms with Gasteiger partial charge in [0, 0.05) is 23.4 Å². The number of carbonyl (C=O) groups excluding carboxylic acids is 2. The van der Waals surface area contributed by atoms with Crippen molar-refractivity contribution in [3.63, 3.8) is 0 Å². The quantitative estimate of drug-likeness (QED) is 0.313. The van der Waals surface area contributed by atoms with Gasteiger partial charge in [-0.2, -0.15) is 13.2 Å². The lowest BCUT2D eigenvalue weighted by Gasteiger charge is -2.29. The summed E-state index contributed by atoms with van der Waals surface area (Å²) in [6.45, 7) is 2.14. The molecule has 0 aliphatic carbocycles. The van der Waals surface area contributed by atoms with Crippen molar-refractivity contribution in [2.75, 3.05) is 31.6 Å². The zero-order chi connectivity index (χ0) is 27.1. The molecule has 0 spiro atoms. The minimum Gasteiger partial charge on any atom is -0.354 e. The molecule has 198 valence electrons. The fourth-order valence-electron chi connectivity index (χ4n) is 4.19. The van der Waals surface area contributed by atoms with E-state index in [4.69, 9.17) is 0 Å². The first kappa shape index (κ1) is 27.5. The summed E-state index contributed by atoms with van der Waals surface area (Å²) in [7, 11) is 2.11. The van der Waals surface area contributed by atoms with Crippen molar-refractivity contribution in [1.29, 1.82) is 0 Å². The Labute approximate surface area is 224 Å². The zero-order valence-corrected chi connectivity index (χ0v) is 21.7. The molecule has 0 bridgehead atoms. The highest BCUT2D eigenvalue weighted by Crippen LogP contribution is 2.42. The predicted molar refractivity (Wildman–Crippen MR) is 144 cm³/mol. The lowest BCUT2D eigenvalue weighted by molar-refractivity contribution is -0.893. The van der Waals surface area contributed by atoms with E-state index in [0.29, 0.717) is 22.7 Å². The van der Waals surface area contributed by atoms with Gasteiger partial charge in [-0.1, -0.05) is 66.4 Å². The van der Waals surface area contributed by atoms with Crippen LogP contribution in [0.3, 0.4) is 0 Å². The van der Waals surface area contributed by atoms with E-state index in [1.165, 1.54) is 39.3 Å². The molecule has 1 aliphatic rings. The number of alkyl halides is 3. The number of quaternary nitrogens is 1.